The third-order valence-corrected chi connectivity index (χ3v) is 9.75. The molecule has 1 fully saturated rings. The maximum Gasteiger partial charge on any atom is 0.214 e. The Morgan fingerprint density at radius 1 is 1.13 bits per heavy atom. The average Bonchev–Trinajstić information content (AvgIpc) is 3.36. The number of pyridine rings is 1. The molecule has 5 rings (SSSR count). The van der Waals surface area contributed by atoms with Crippen LogP contribution in [0, 0.1) is 6.92 Å². The molecule has 38 heavy (non-hydrogen) atoms. The lowest BCUT2D eigenvalue weighted by Crippen LogP contribution is -2.28. The van der Waals surface area contributed by atoms with Crippen molar-refractivity contribution < 1.29 is 13.8 Å². The largest absolute Gasteiger partial charge is 0.474 e. The summed E-state index contributed by atoms with van der Waals surface area (Å²) >= 11 is 1.79. The standard InChI is InChI=1S/C28H35N5O3S2/c1-18(25-9-10-26(37-25)22-8-6-5-7-20(22)17-33(3)4)30-28-23-15-27(29-16-24(23)31-19(2)32-28)36-21-11-13-38(34,35)14-12-21/h5-10,15-16,18,21,34-35H,11-14,17H2,1-4H3,(H,30,31,32). The van der Waals surface area contributed by atoms with Gasteiger partial charge in [-0.1, -0.05) is 24.3 Å². The molecule has 10 heteroatoms. The Labute approximate surface area is 229 Å². The van der Waals surface area contributed by atoms with Gasteiger partial charge in [0, 0.05) is 52.1 Å². The second-order valence-electron chi connectivity index (χ2n) is 10.1. The molecule has 4 aromatic rings. The normalized spacial score (nSPS) is 17.4. The number of hydrogen-bond acceptors (Lipinski definition) is 9. The molecule has 0 amide bonds. The summed E-state index contributed by atoms with van der Waals surface area (Å²) in [6, 6.07) is 14.9. The van der Waals surface area contributed by atoms with Gasteiger partial charge in [-0.2, -0.15) is 10.6 Å². The van der Waals surface area contributed by atoms with Crippen molar-refractivity contribution in [3.05, 3.63) is 64.9 Å². The predicted molar refractivity (Wildman–Crippen MR) is 157 cm³/mol. The maximum atomic E-state index is 9.90. The van der Waals surface area contributed by atoms with E-state index in [0.29, 0.717) is 36.1 Å². The summed E-state index contributed by atoms with van der Waals surface area (Å²) in [6.45, 7) is 4.92. The van der Waals surface area contributed by atoms with Crippen molar-refractivity contribution in [3.8, 4) is 16.3 Å². The van der Waals surface area contributed by atoms with E-state index in [-0.39, 0.29) is 12.1 Å². The fraction of sp³-hybridized carbons (Fsp3) is 0.393. The monoisotopic (exact) mass is 553 g/mol. The van der Waals surface area contributed by atoms with Gasteiger partial charge < -0.3 is 15.0 Å². The molecule has 1 atom stereocenters. The van der Waals surface area contributed by atoms with Gasteiger partial charge in [0.25, 0.3) is 0 Å². The number of nitrogens with one attached hydrogen (secondary N) is 1. The van der Waals surface area contributed by atoms with Gasteiger partial charge in [0.1, 0.15) is 17.7 Å². The smallest absolute Gasteiger partial charge is 0.214 e. The molecule has 1 aliphatic heterocycles. The Balaban J connectivity index is 1.37. The highest BCUT2D eigenvalue weighted by Gasteiger charge is 2.26. The van der Waals surface area contributed by atoms with Crippen LogP contribution in [0.25, 0.3) is 21.3 Å². The number of rotatable bonds is 8. The lowest BCUT2D eigenvalue weighted by molar-refractivity contribution is 0.179. The van der Waals surface area contributed by atoms with Crippen LogP contribution in [0.1, 0.15) is 42.1 Å². The van der Waals surface area contributed by atoms with Crippen LogP contribution >= 0.6 is 21.9 Å². The van der Waals surface area contributed by atoms with Crippen LogP contribution in [-0.4, -0.2) is 60.7 Å². The van der Waals surface area contributed by atoms with Crippen LogP contribution in [0.2, 0.25) is 0 Å². The molecule has 0 bridgehead atoms. The lowest BCUT2D eigenvalue weighted by Gasteiger charge is -2.38. The molecule has 1 aromatic carbocycles. The van der Waals surface area contributed by atoms with Gasteiger partial charge in [0.05, 0.1) is 17.8 Å². The summed E-state index contributed by atoms with van der Waals surface area (Å²) in [7, 11) is 1.73. The number of aromatic nitrogens is 3. The van der Waals surface area contributed by atoms with Crippen LogP contribution in [0.15, 0.2) is 48.7 Å². The molecule has 4 heterocycles. The van der Waals surface area contributed by atoms with Gasteiger partial charge >= 0.3 is 0 Å². The van der Waals surface area contributed by atoms with Crippen molar-refractivity contribution in [1.29, 1.82) is 0 Å². The highest BCUT2D eigenvalue weighted by atomic mass is 32.3. The Kier molecular flexibility index (Phi) is 7.88. The summed E-state index contributed by atoms with van der Waals surface area (Å²) in [5.41, 5.74) is 3.33. The van der Waals surface area contributed by atoms with Crippen LogP contribution < -0.4 is 10.1 Å². The van der Waals surface area contributed by atoms with E-state index in [2.05, 4.69) is 77.6 Å². The zero-order valence-electron chi connectivity index (χ0n) is 22.2. The first-order valence-corrected chi connectivity index (χ1v) is 15.5. The highest BCUT2D eigenvalue weighted by Crippen LogP contribution is 2.44. The average molecular weight is 554 g/mol. The molecule has 3 aromatic heterocycles. The van der Waals surface area contributed by atoms with Crippen LogP contribution in [0.5, 0.6) is 5.88 Å². The Hall–Kier alpha value is -2.76. The Bertz CT molecular complexity index is 1410. The van der Waals surface area contributed by atoms with Crippen molar-refractivity contribution in [2.45, 2.75) is 45.4 Å². The molecule has 0 aliphatic carbocycles. The molecule has 0 spiro atoms. The zero-order chi connectivity index (χ0) is 26.9. The van der Waals surface area contributed by atoms with Crippen LogP contribution in [0.3, 0.4) is 0 Å². The Morgan fingerprint density at radius 2 is 1.89 bits per heavy atom. The number of ether oxygens (including phenoxy) is 1. The van der Waals surface area contributed by atoms with Crippen molar-refractivity contribution in [2.75, 3.05) is 30.9 Å². The van der Waals surface area contributed by atoms with E-state index in [4.69, 9.17) is 9.72 Å². The summed E-state index contributed by atoms with van der Waals surface area (Å²) < 4.78 is 25.9. The molecule has 1 unspecified atom stereocenters. The number of nitrogens with zero attached hydrogens (tertiary/aromatic N) is 4. The maximum absolute atomic E-state index is 9.90. The molecule has 3 N–H and O–H groups in total. The van der Waals surface area contributed by atoms with E-state index >= 15 is 0 Å². The number of benzene rings is 1. The van der Waals surface area contributed by atoms with Crippen molar-refractivity contribution in [1.82, 2.24) is 19.9 Å². The third kappa shape index (κ3) is 6.27. The quantitative estimate of drug-likeness (QED) is 0.225. The molecule has 0 saturated carbocycles. The van der Waals surface area contributed by atoms with Crippen LogP contribution in [0.4, 0.5) is 5.82 Å². The minimum absolute atomic E-state index is 0.0355. The van der Waals surface area contributed by atoms with Crippen LogP contribution in [-0.2, 0) is 6.54 Å². The number of thiophene rings is 1. The SMILES string of the molecule is Cc1nc(NC(C)c2ccc(-c3ccccc3CN(C)C)s2)c2cc(OC3CCS(O)(O)CC3)ncc2n1. The topological polar surface area (TPSA) is 104 Å². The summed E-state index contributed by atoms with van der Waals surface area (Å²) in [5, 5.41) is 4.45. The second kappa shape index (κ2) is 11.2. The number of hydrogen-bond donors (Lipinski definition) is 3. The van der Waals surface area contributed by atoms with E-state index < -0.39 is 10.6 Å². The molecule has 8 nitrogen and oxygen atoms in total. The summed E-state index contributed by atoms with van der Waals surface area (Å²) in [4.78, 5) is 18.4. The lowest BCUT2D eigenvalue weighted by atomic mass is 10.1. The van der Waals surface area contributed by atoms with Gasteiger partial charge in [-0.15, -0.1) is 11.3 Å². The summed E-state index contributed by atoms with van der Waals surface area (Å²) in [6.07, 6.45) is 2.85. The Morgan fingerprint density at radius 3 is 2.66 bits per heavy atom. The highest BCUT2D eigenvalue weighted by molar-refractivity contribution is 8.24. The van der Waals surface area contributed by atoms with Crippen molar-refractivity contribution in [3.63, 3.8) is 0 Å². The van der Waals surface area contributed by atoms with E-state index in [1.807, 2.05) is 13.0 Å². The van der Waals surface area contributed by atoms with Gasteiger partial charge in [0.15, 0.2) is 0 Å². The van der Waals surface area contributed by atoms with E-state index in [1.54, 1.807) is 17.5 Å². The third-order valence-electron chi connectivity index (χ3n) is 6.67. The van der Waals surface area contributed by atoms with Gasteiger partial charge in [0.2, 0.25) is 5.88 Å². The molecular weight excluding hydrogens is 518 g/mol. The number of fused-ring (bicyclic) bond motifs is 1. The second-order valence-corrected chi connectivity index (χ2v) is 13.7. The fourth-order valence-corrected chi connectivity index (χ4v) is 7.28. The molecule has 0 radical (unpaired) electrons. The zero-order valence-corrected chi connectivity index (χ0v) is 23.9. The molecular formula is C28H35N5O3S2. The molecule has 1 saturated heterocycles. The van der Waals surface area contributed by atoms with Gasteiger partial charge in [-0.3, -0.25) is 9.11 Å². The summed E-state index contributed by atoms with van der Waals surface area (Å²) in [5.74, 6) is 2.67. The van der Waals surface area contributed by atoms with Crippen molar-refractivity contribution >= 4 is 38.6 Å². The van der Waals surface area contributed by atoms with Crippen molar-refractivity contribution in [2.24, 2.45) is 0 Å². The van der Waals surface area contributed by atoms with E-state index in [1.165, 1.54) is 20.9 Å². The van der Waals surface area contributed by atoms with E-state index in [0.717, 1.165) is 23.3 Å². The van der Waals surface area contributed by atoms with Gasteiger partial charge in [-0.05, 0) is 51.2 Å². The van der Waals surface area contributed by atoms with Gasteiger partial charge in [-0.25, -0.2) is 15.0 Å². The first kappa shape index (κ1) is 26.8. The van der Waals surface area contributed by atoms with E-state index in [9.17, 15) is 9.11 Å². The number of aryl methyl sites for hydroxylation is 1. The molecule has 1 aliphatic rings. The number of anilines is 1. The fourth-order valence-electron chi connectivity index (χ4n) is 4.72. The predicted octanol–water partition coefficient (Wildman–Crippen LogP) is 6.59. The minimum Gasteiger partial charge on any atom is -0.474 e. The molecule has 202 valence electrons. The first-order chi connectivity index (χ1) is 18.2. The first-order valence-electron chi connectivity index (χ1n) is 12.8. The minimum atomic E-state index is -2.45.